The van der Waals surface area contributed by atoms with Gasteiger partial charge < -0.3 is 14.3 Å². The lowest BCUT2D eigenvalue weighted by Gasteiger charge is -2.21. The summed E-state index contributed by atoms with van der Waals surface area (Å²) >= 11 is 11.9. The van der Waals surface area contributed by atoms with E-state index in [-0.39, 0.29) is 5.82 Å². The van der Waals surface area contributed by atoms with Gasteiger partial charge in [-0.05, 0) is 41.0 Å². The largest absolute Gasteiger partial charge is 0.352 e. The molecule has 4 aromatic rings. The summed E-state index contributed by atoms with van der Waals surface area (Å²) in [5, 5.41) is 5.37. The van der Waals surface area contributed by atoms with Crippen molar-refractivity contribution in [3.05, 3.63) is 99.6 Å². The summed E-state index contributed by atoms with van der Waals surface area (Å²) in [4.78, 5) is 22.2. The highest BCUT2D eigenvalue weighted by Gasteiger charge is 2.33. The van der Waals surface area contributed by atoms with Gasteiger partial charge in [0.2, 0.25) is 5.76 Å². The van der Waals surface area contributed by atoms with Gasteiger partial charge in [-0.3, -0.25) is 9.98 Å². The molecule has 0 unspecified atom stereocenters. The van der Waals surface area contributed by atoms with E-state index in [1.165, 1.54) is 12.1 Å². The lowest BCUT2D eigenvalue weighted by Crippen LogP contribution is -2.29. The zero-order valence-corrected chi connectivity index (χ0v) is 21.7. The molecule has 0 amide bonds. The van der Waals surface area contributed by atoms with E-state index >= 15 is 0 Å². The van der Waals surface area contributed by atoms with E-state index in [0.29, 0.717) is 66.2 Å². The van der Waals surface area contributed by atoms with Crippen LogP contribution in [-0.4, -0.2) is 62.8 Å². The number of rotatable bonds is 7. The Labute approximate surface area is 228 Å². The Morgan fingerprint density at radius 1 is 0.763 bits per heavy atom. The molecule has 0 saturated carbocycles. The van der Waals surface area contributed by atoms with Crippen LogP contribution in [0.1, 0.15) is 22.6 Å². The van der Waals surface area contributed by atoms with Gasteiger partial charge in [0, 0.05) is 38.6 Å². The molecule has 2 aliphatic rings. The van der Waals surface area contributed by atoms with Crippen molar-refractivity contribution in [2.75, 3.05) is 26.2 Å². The van der Waals surface area contributed by atoms with Crippen LogP contribution in [0, 0.1) is 5.82 Å². The Balaban J connectivity index is 1.37. The van der Waals surface area contributed by atoms with Crippen molar-refractivity contribution >= 4 is 34.9 Å². The summed E-state index contributed by atoms with van der Waals surface area (Å²) in [5.41, 5.74) is 4.08. The van der Waals surface area contributed by atoms with Gasteiger partial charge in [-0.25, -0.2) is 14.4 Å². The first-order valence-electron chi connectivity index (χ1n) is 12.1. The topological polar surface area (TPSA) is 83.0 Å². The van der Waals surface area contributed by atoms with Gasteiger partial charge in [-0.15, -0.1) is 0 Å². The fourth-order valence-corrected chi connectivity index (χ4v) is 4.86. The normalized spacial score (nSPS) is 15.2. The molecule has 38 heavy (non-hydrogen) atoms. The molecule has 0 spiro atoms. The second-order valence-corrected chi connectivity index (χ2v) is 9.75. The highest BCUT2D eigenvalue weighted by molar-refractivity contribution is 6.29. The number of aliphatic imine (C=N–C) groups is 2. The van der Waals surface area contributed by atoms with Crippen molar-refractivity contribution in [1.82, 2.24) is 24.9 Å². The van der Waals surface area contributed by atoms with Gasteiger partial charge >= 0.3 is 0 Å². The molecule has 192 valence electrons. The molecule has 5 heterocycles. The standard InChI is InChI=1S/C27H22Cl2FN7O/c28-21-7-1-17(13-33-21)15-36-11-9-31-26(36)24-23(19-3-5-20(30)6-4-19)25(38-35-24)27-32-10-12-37(27)16-18-2-8-22(29)34-14-18/h1-8,13-14H,9-12,15-16H2. The van der Waals surface area contributed by atoms with Gasteiger partial charge in [0.25, 0.3) is 0 Å². The van der Waals surface area contributed by atoms with E-state index in [1.807, 2.05) is 12.1 Å². The van der Waals surface area contributed by atoms with Gasteiger partial charge in [0.15, 0.2) is 17.4 Å². The number of pyridine rings is 2. The van der Waals surface area contributed by atoms with Crippen LogP contribution in [0.4, 0.5) is 4.39 Å². The quantitative estimate of drug-likeness (QED) is 0.298. The van der Waals surface area contributed by atoms with Crippen LogP contribution in [0.25, 0.3) is 11.1 Å². The molecular weight excluding hydrogens is 528 g/mol. The maximum Gasteiger partial charge on any atom is 0.210 e. The average Bonchev–Trinajstić information content (AvgIpc) is 3.67. The Hall–Kier alpha value is -3.82. The minimum atomic E-state index is -0.321. The molecule has 6 rings (SSSR count). The summed E-state index contributed by atoms with van der Waals surface area (Å²) < 4.78 is 19.9. The van der Waals surface area contributed by atoms with E-state index in [2.05, 4.69) is 24.9 Å². The molecule has 0 saturated heterocycles. The zero-order chi connectivity index (χ0) is 26.1. The van der Waals surface area contributed by atoms with E-state index in [9.17, 15) is 4.39 Å². The third-order valence-electron chi connectivity index (χ3n) is 6.43. The second-order valence-electron chi connectivity index (χ2n) is 8.97. The first-order chi connectivity index (χ1) is 18.5. The number of benzene rings is 1. The van der Waals surface area contributed by atoms with Crippen molar-refractivity contribution in [2.45, 2.75) is 13.1 Å². The molecule has 0 radical (unpaired) electrons. The second kappa shape index (κ2) is 10.5. The first kappa shape index (κ1) is 24.5. The number of nitrogens with zero attached hydrogens (tertiary/aromatic N) is 7. The van der Waals surface area contributed by atoms with E-state index in [4.69, 9.17) is 37.7 Å². The third-order valence-corrected chi connectivity index (χ3v) is 6.87. The predicted molar refractivity (Wildman–Crippen MR) is 144 cm³/mol. The maximum absolute atomic E-state index is 13.9. The number of hydrogen-bond donors (Lipinski definition) is 0. The summed E-state index contributed by atoms with van der Waals surface area (Å²) in [6.45, 7) is 3.85. The Morgan fingerprint density at radius 2 is 1.34 bits per heavy atom. The van der Waals surface area contributed by atoms with Crippen molar-refractivity contribution in [1.29, 1.82) is 0 Å². The minimum Gasteiger partial charge on any atom is -0.352 e. The minimum absolute atomic E-state index is 0.321. The van der Waals surface area contributed by atoms with Crippen molar-refractivity contribution in [3.8, 4) is 11.1 Å². The molecule has 0 bridgehead atoms. The molecule has 0 aliphatic carbocycles. The monoisotopic (exact) mass is 549 g/mol. The number of aromatic nitrogens is 3. The van der Waals surface area contributed by atoms with Gasteiger partial charge in [-0.2, -0.15) is 0 Å². The highest BCUT2D eigenvalue weighted by Crippen LogP contribution is 2.33. The van der Waals surface area contributed by atoms with Crippen LogP contribution in [0.15, 0.2) is 75.4 Å². The third kappa shape index (κ3) is 4.99. The summed E-state index contributed by atoms with van der Waals surface area (Å²) in [7, 11) is 0. The van der Waals surface area contributed by atoms with Crippen LogP contribution in [0.2, 0.25) is 10.3 Å². The lowest BCUT2D eigenvalue weighted by molar-refractivity contribution is 0.387. The van der Waals surface area contributed by atoms with Crippen molar-refractivity contribution in [2.24, 2.45) is 9.98 Å². The number of amidine groups is 2. The molecular formula is C27H22Cl2FN7O. The van der Waals surface area contributed by atoms with E-state index < -0.39 is 0 Å². The average molecular weight is 550 g/mol. The van der Waals surface area contributed by atoms with Crippen LogP contribution >= 0.6 is 23.2 Å². The molecule has 0 fully saturated rings. The number of hydrogen-bond acceptors (Lipinski definition) is 8. The fourth-order valence-electron chi connectivity index (χ4n) is 4.63. The first-order valence-corrected chi connectivity index (χ1v) is 12.9. The van der Waals surface area contributed by atoms with Gasteiger partial charge in [0.1, 0.15) is 16.1 Å². The fraction of sp³-hybridized carbons (Fsp3) is 0.222. The summed E-state index contributed by atoms with van der Waals surface area (Å²) in [6.07, 6.45) is 3.51. The van der Waals surface area contributed by atoms with Crippen LogP contribution in [0.3, 0.4) is 0 Å². The van der Waals surface area contributed by atoms with Crippen LogP contribution < -0.4 is 0 Å². The van der Waals surface area contributed by atoms with Crippen molar-refractivity contribution in [3.63, 3.8) is 0 Å². The molecule has 2 aliphatic heterocycles. The zero-order valence-electron chi connectivity index (χ0n) is 20.2. The Morgan fingerprint density at radius 3 is 1.92 bits per heavy atom. The molecule has 0 N–H and O–H groups in total. The number of halogens is 3. The molecule has 11 heteroatoms. The highest BCUT2D eigenvalue weighted by atomic mass is 35.5. The summed E-state index contributed by atoms with van der Waals surface area (Å²) in [5.74, 6) is 1.60. The SMILES string of the molecule is Fc1ccc(-c2c(C3=NCCN3Cc3ccc(Cl)nc3)noc2C2=NCCN2Cc2ccc(Cl)nc2)cc1. The maximum atomic E-state index is 13.9. The molecule has 1 aromatic carbocycles. The van der Waals surface area contributed by atoms with Gasteiger partial charge in [-0.1, -0.05) is 52.6 Å². The molecule has 8 nitrogen and oxygen atoms in total. The van der Waals surface area contributed by atoms with E-state index in [0.717, 1.165) is 28.8 Å². The van der Waals surface area contributed by atoms with Crippen LogP contribution in [0.5, 0.6) is 0 Å². The van der Waals surface area contributed by atoms with Crippen molar-refractivity contribution < 1.29 is 8.91 Å². The molecule has 0 atom stereocenters. The van der Waals surface area contributed by atoms with Crippen LogP contribution in [-0.2, 0) is 13.1 Å². The predicted octanol–water partition coefficient (Wildman–Crippen LogP) is 5.10. The van der Waals surface area contributed by atoms with Gasteiger partial charge in [0.05, 0.1) is 18.7 Å². The lowest BCUT2D eigenvalue weighted by atomic mass is 10.0. The Bertz CT molecular complexity index is 1410. The smallest absolute Gasteiger partial charge is 0.210 e. The Kier molecular flexibility index (Phi) is 6.78. The summed E-state index contributed by atoms with van der Waals surface area (Å²) in [6, 6.07) is 13.7. The molecule has 3 aromatic heterocycles. The van der Waals surface area contributed by atoms with E-state index in [1.54, 1.807) is 36.7 Å².